The summed E-state index contributed by atoms with van der Waals surface area (Å²) >= 11 is 0. The summed E-state index contributed by atoms with van der Waals surface area (Å²) in [5.41, 5.74) is 2.17. The smallest absolute Gasteiger partial charge is 0.247 e. The standard InChI is InChI=1S/C17H17N3O/c1-13(14-8-4-2-5-9-14)18-12-16-19-20-17(21-16)15-10-6-3-7-11-15/h2-11,13,18H,12H2,1H3/t13-/m1/s1. The fraction of sp³-hybridized carbons (Fsp3) is 0.176. The molecule has 106 valence electrons. The maximum Gasteiger partial charge on any atom is 0.247 e. The van der Waals surface area contributed by atoms with Crippen molar-refractivity contribution in [3.63, 3.8) is 0 Å². The van der Waals surface area contributed by atoms with Gasteiger partial charge in [-0.3, -0.25) is 0 Å². The topological polar surface area (TPSA) is 51.0 Å². The van der Waals surface area contributed by atoms with Crippen molar-refractivity contribution in [3.05, 3.63) is 72.1 Å². The van der Waals surface area contributed by atoms with Crippen molar-refractivity contribution in [2.24, 2.45) is 0 Å². The van der Waals surface area contributed by atoms with Crippen LogP contribution in [-0.4, -0.2) is 10.2 Å². The van der Waals surface area contributed by atoms with Gasteiger partial charge in [0.2, 0.25) is 11.8 Å². The van der Waals surface area contributed by atoms with Gasteiger partial charge in [-0.1, -0.05) is 48.5 Å². The van der Waals surface area contributed by atoms with E-state index >= 15 is 0 Å². The van der Waals surface area contributed by atoms with E-state index in [-0.39, 0.29) is 6.04 Å². The summed E-state index contributed by atoms with van der Waals surface area (Å²) in [4.78, 5) is 0. The maximum absolute atomic E-state index is 5.67. The molecule has 0 fully saturated rings. The number of rotatable bonds is 5. The van der Waals surface area contributed by atoms with Gasteiger partial charge in [0.25, 0.3) is 0 Å². The molecule has 0 unspecified atom stereocenters. The van der Waals surface area contributed by atoms with Crippen LogP contribution in [0.3, 0.4) is 0 Å². The number of hydrogen-bond acceptors (Lipinski definition) is 4. The van der Waals surface area contributed by atoms with Crippen LogP contribution in [0.15, 0.2) is 65.1 Å². The van der Waals surface area contributed by atoms with Crippen LogP contribution in [0.1, 0.15) is 24.4 Å². The molecule has 0 aliphatic heterocycles. The molecule has 0 spiro atoms. The van der Waals surface area contributed by atoms with Gasteiger partial charge in [-0.25, -0.2) is 0 Å². The van der Waals surface area contributed by atoms with Crippen LogP contribution in [0.25, 0.3) is 11.5 Å². The van der Waals surface area contributed by atoms with E-state index in [0.29, 0.717) is 18.3 Å². The third-order valence-electron chi connectivity index (χ3n) is 3.35. The summed E-state index contributed by atoms with van der Waals surface area (Å²) in [5, 5.41) is 11.5. The number of hydrogen-bond donors (Lipinski definition) is 1. The average Bonchev–Trinajstić information content (AvgIpc) is 3.03. The zero-order chi connectivity index (χ0) is 14.5. The van der Waals surface area contributed by atoms with E-state index in [1.54, 1.807) is 0 Å². The van der Waals surface area contributed by atoms with E-state index in [1.807, 2.05) is 48.5 Å². The van der Waals surface area contributed by atoms with Gasteiger partial charge in [0.15, 0.2) is 0 Å². The predicted molar refractivity (Wildman–Crippen MR) is 81.4 cm³/mol. The Labute approximate surface area is 123 Å². The molecule has 1 aromatic heterocycles. The molecule has 0 amide bonds. The first-order valence-electron chi connectivity index (χ1n) is 6.99. The lowest BCUT2D eigenvalue weighted by molar-refractivity contribution is 0.454. The Hall–Kier alpha value is -2.46. The van der Waals surface area contributed by atoms with E-state index in [0.717, 1.165) is 5.56 Å². The third-order valence-corrected chi connectivity index (χ3v) is 3.35. The van der Waals surface area contributed by atoms with Gasteiger partial charge >= 0.3 is 0 Å². The molecular weight excluding hydrogens is 262 g/mol. The largest absolute Gasteiger partial charge is 0.419 e. The number of nitrogens with zero attached hydrogens (tertiary/aromatic N) is 2. The summed E-state index contributed by atoms with van der Waals surface area (Å²) in [6, 6.07) is 20.3. The number of nitrogens with one attached hydrogen (secondary N) is 1. The zero-order valence-corrected chi connectivity index (χ0v) is 11.9. The lowest BCUT2D eigenvalue weighted by Crippen LogP contribution is -2.18. The molecule has 1 N–H and O–H groups in total. The molecule has 21 heavy (non-hydrogen) atoms. The number of benzene rings is 2. The highest BCUT2D eigenvalue weighted by molar-refractivity contribution is 5.51. The summed E-state index contributed by atoms with van der Waals surface area (Å²) < 4.78 is 5.67. The third kappa shape index (κ3) is 3.35. The quantitative estimate of drug-likeness (QED) is 0.775. The van der Waals surface area contributed by atoms with E-state index in [4.69, 9.17) is 4.42 Å². The van der Waals surface area contributed by atoms with E-state index in [2.05, 4.69) is 34.6 Å². The van der Waals surface area contributed by atoms with Gasteiger partial charge in [-0.15, -0.1) is 10.2 Å². The van der Waals surface area contributed by atoms with Crippen LogP contribution >= 0.6 is 0 Å². The Morgan fingerprint density at radius 3 is 2.33 bits per heavy atom. The van der Waals surface area contributed by atoms with Gasteiger partial charge in [-0.2, -0.15) is 0 Å². The average molecular weight is 279 g/mol. The monoisotopic (exact) mass is 279 g/mol. The lowest BCUT2D eigenvalue weighted by Gasteiger charge is -2.12. The molecule has 0 bridgehead atoms. The molecule has 3 aromatic rings. The Bertz CT molecular complexity index is 680. The molecule has 2 aromatic carbocycles. The Morgan fingerprint density at radius 2 is 1.62 bits per heavy atom. The Morgan fingerprint density at radius 1 is 0.952 bits per heavy atom. The fourth-order valence-electron chi connectivity index (χ4n) is 2.12. The van der Waals surface area contributed by atoms with E-state index in [9.17, 15) is 0 Å². The van der Waals surface area contributed by atoms with Crippen molar-refractivity contribution in [3.8, 4) is 11.5 Å². The van der Waals surface area contributed by atoms with E-state index < -0.39 is 0 Å². The second kappa shape index (κ2) is 6.33. The molecular formula is C17H17N3O. The molecule has 1 atom stereocenters. The van der Waals surface area contributed by atoms with Crippen LogP contribution in [0, 0.1) is 0 Å². The van der Waals surface area contributed by atoms with Gasteiger partial charge in [0.05, 0.1) is 6.54 Å². The highest BCUT2D eigenvalue weighted by atomic mass is 16.4. The second-order valence-electron chi connectivity index (χ2n) is 4.88. The highest BCUT2D eigenvalue weighted by Crippen LogP contribution is 2.17. The van der Waals surface area contributed by atoms with E-state index in [1.165, 1.54) is 5.56 Å². The molecule has 1 heterocycles. The van der Waals surface area contributed by atoms with Gasteiger partial charge in [-0.05, 0) is 24.6 Å². The summed E-state index contributed by atoms with van der Waals surface area (Å²) in [6.07, 6.45) is 0. The van der Waals surface area contributed by atoms with Crippen molar-refractivity contribution in [2.45, 2.75) is 19.5 Å². The van der Waals surface area contributed by atoms with Crippen molar-refractivity contribution < 1.29 is 4.42 Å². The molecule has 3 rings (SSSR count). The first-order valence-corrected chi connectivity index (χ1v) is 6.99. The molecule has 4 nitrogen and oxygen atoms in total. The molecule has 0 aliphatic rings. The van der Waals surface area contributed by atoms with Crippen LogP contribution in [0.4, 0.5) is 0 Å². The Kier molecular flexibility index (Phi) is 4.07. The van der Waals surface area contributed by atoms with Crippen LogP contribution < -0.4 is 5.32 Å². The highest BCUT2D eigenvalue weighted by Gasteiger charge is 2.10. The SMILES string of the molecule is C[C@@H](NCc1nnc(-c2ccccc2)o1)c1ccccc1. The minimum absolute atomic E-state index is 0.235. The molecule has 4 heteroatoms. The van der Waals surface area contributed by atoms with Crippen molar-refractivity contribution in [2.75, 3.05) is 0 Å². The first kappa shape index (κ1) is 13.5. The van der Waals surface area contributed by atoms with Crippen LogP contribution in [0.5, 0.6) is 0 Å². The van der Waals surface area contributed by atoms with Crippen molar-refractivity contribution in [1.29, 1.82) is 0 Å². The maximum atomic E-state index is 5.67. The molecule has 0 radical (unpaired) electrons. The fourth-order valence-corrected chi connectivity index (χ4v) is 2.12. The molecule has 0 saturated heterocycles. The number of aromatic nitrogens is 2. The van der Waals surface area contributed by atoms with Crippen molar-refractivity contribution in [1.82, 2.24) is 15.5 Å². The van der Waals surface area contributed by atoms with Crippen LogP contribution in [-0.2, 0) is 6.54 Å². The van der Waals surface area contributed by atoms with Gasteiger partial charge < -0.3 is 9.73 Å². The summed E-state index contributed by atoms with van der Waals surface area (Å²) in [7, 11) is 0. The Balaban J connectivity index is 1.63. The summed E-state index contributed by atoms with van der Waals surface area (Å²) in [5.74, 6) is 1.15. The minimum atomic E-state index is 0.235. The normalized spacial score (nSPS) is 12.2. The zero-order valence-electron chi connectivity index (χ0n) is 11.9. The molecule has 0 saturated carbocycles. The van der Waals surface area contributed by atoms with Gasteiger partial charge in [0, 0.05) is 11.6 Å². The van der Waals surface area contributed by atoms with Crippen LogP contribution in [0.2, 0.25) is 0 Å². The lowest BCUT2D eigenvalue weighted by atomic mass is 10.1. The molecule has 0 aliphatic carbocycles. The second-order valence-corrected chi connectivity index (χ2v) is 4.88. The summed E-state index contributed by atoms with van der Waals surface area (Å²) in [6.45, 7) is 2.67. The predicted octanol–water partition coefficient (Wildman–Crippen LogP) is 3.59. The minimum Gasteiger partial charge on any atom is -0.419 e. The van der Waals surface area contributed by atoms with Crippen molar-refractivity contribution >= 4 is 0 Å². The first-order chi connectivity index (χ1) is 10.3. The van der Waals surface area contributed by atoms with Gasteiger partial charge in [0.1, 0.15) is 0 Å².